The van der Waals surface area contributed by atoms with Gasteiger partial charge in [0.25, 0.3) is 11.7 Å². The zero-order valence-corrected chi connectivity index (χ0v) is 14.7. The molecule has 3 aromatic rings. The molecular weight excluding hydrogens is 352 g/mol. The molecule has 0 aliphatic carbocycles. The summed E-state index contributed by atoms with van der Waals surface area (Å²) >= 11 is 0.480. The molecule has 3 aromatic carbocycles. The molecular formula is C21H17F2NOS. The van der Waals surface area contributed by atoms with E-state index >= 15 is 0 Å². The van der Waals surface area contributed by atoms with Crippen molar-refractivity contribution in [1.29, 1.82) is 0 Å². The highest BCUT2D eigenvalue weighted by Crippen LogP contribution is 2.26. The minimum absolute atomic E-state index is 0.217. The van der Waals surface area contributed by atoms with Crippen molar-refractivity contribution >= 4 is 23.4 Å². The van der Waals surface area contributed by atoms with E-state index in [4.69, 9.17) is 0 Å². The van der Waals surface area contributed by atoms with Crippen molar-refractivity contribution in [1.82, 2.24) is 0 Å². The highest BCUT2D eigenvalue weighted by molar-refractivity contribution is 7.99. The summed E-state index contributed by atoms with van der Waals surface area (Å²) in [5, 5.41) is 2.83. The summed E-state index contributed by atoms with van der Waals surface area (Å²) in [6, 6.07) is 23.8. The molecule has 0 saturated carbocycles. The van der Waals surface area contributed by atoms with Crippen molar-refractivity contribution < 1.29 is 13.6 Å². The Morgan fingerprint density at radius 3 is 2.23 bits per heavy atom. The molecule has 1 amide bonds. The van der Waals surface area contributed by atoms with E-state index in [-0.39, 0.29) is 5.91 Å². The minimum atomic E-state index is -2.46. The SMILES string of the molecule is O=C(Nc1ccc(SC(F)F)cc1)c1ccccc1Cc1ccccc1. The zero-order valence-electron chi connectivity index (χ0n) is 13.9. The molecule has 0 unspecified atom stereocenters. The van der Waals surface area contributed by atoms with E-state index in [1.165, 1.54) is 0 Å². The van der Waals surface area contributed by atoms with Crippen LogP contribution in [-0.2, 0) is 6.42 Å². The summed E-state index contributed by atoms with van der Waals surface area (Å²) in [5.41, 5.74) is 3.23. The van der Waals surface area contributed by atoms with Crippen LogP contribution < -0.4 is 5.32 Å². The fourth-order valence-electron chi connectivity index (χ4n) is 2.63. The number of anilines is 1. The number of hydrogen-bond acceptors (Lipinski definition) is 2. The second-order valence-corrected chi connectivity index (χ2v) is 6.74. The molecule has 0 heterocycles. The minimum Gasteiger partial charge on any atom is -0.322 e. The molecule has 2 nitrogen and oxygen atoms in total. The summed E-state index contributed by atoms with van der Waals surface area (Å²) < 4.78 is 24.7. The fourth-order valence-corrected chi connectivity index (χ4v) is 3.13. The number of carbonyl (C=O) groups excluding carboxylic acids is 1. The predicted octanol–water partition coefficient (Wildman–Crippen LogP) is 5.84. The van der Waals surface area contributed by atoms with Crippen molar-refractivity contribution in [2.24, 2.45) is 0 Å². The Bertz CT molecular complexity index is 867. The summed E-state index contributed by atoms with van der Waals surface area (Å²) in [5.74, 6) is -2.67. The van der Waals surface area contributed by atoms with Crippen molar-refractivity contribution in [3.05, 3.63) is 95.6 Å². The van der Waals surface area contributed by atoms with Crippen LogP contribution in [0.15, 0.2) is 83.8 Å². The Balaban J connectivity index is 1.74. The molecule has 0 atom stereocenters. The maximum absolute atomic E-state index is 12.7. The molecule has 5 heteroatoms. The maximum atomic E-state index is 12.7. The van der Waals surface area contributed by atoms with Gasteiger partial charge in [0.15, 0.2) is 0 Å². The lowest BCUT2D eigenvalue weighted by Crippen LogP contribution is -2.14. The maximum Gasteiger partial charge on any atom is 0.288 e. The lowest BCUT2D eigenvalue weighted by atomic mass is 9.99. The van der Waals surface area contributed by atoms with Gasteiger partial charge in [-0.15, -0.1) is 0 Å². The Morgan fingerprint density at radius 1 is 0.885 bits per heavy atom. The average Bonchev–Trinajstić information content (AvgIpc) is 2.64. The standard InChI is InChI=1S/C21H17F2NOS/c22-21(23)26-18-12-10-17(11-13-18)24-20(25)19-9-5-4-8-16(19)14-15-6-2-1-3-7-15/h1-13,21H,14H2,(H,24,25). The number of thioether (sulfide) groups is 1. The van der Waals surface area contributed by atoms with Gasteiger partial charge < -0.3 is 5.32 Å². The second kappa shape index (κ2) is 8.63. The van der Waals surface area contributed by atoms with Gasteiger partial charge in [0, 0.05) is 16.1 Å². The second-order valence-electron chi connectivity index (χ2n) is 5.68. The normalized spacial score (nSPS) is 10.7. The van der Waals surface area contributed by atoms with Crippen molar-refractivity contribution in [3.8, 4) is 0 Å². The number of alkyl halides is 2. The molecule has 1 N–H and O–H groups in total. The van der Waals surface area contributed by atoms with Crippen molar-refractivity contribution in [2.45, 2.75) is 17.1 Å². The molecule has 0 saturated heterocycles. The van der Waals surface area contributed by atoms with Crippen LogP contribution in [0.25, 0.3) is 0 Å². The van der Waals surface area contributed by atoms with Crippen LogP contribution in [0.4, 0.5) is 14.5 Å². The van der Waals surface area contributed by atoms with Gasteiger partial charge in [-0.05, 0) is 47.9 Å². The van der Waals surface area contributed by atoms with E-state index in [0.717, 1.165) is 11.1 Å². The summed E-state index contributed by atoms with van der Waals surface area (Å²) in [7, 11) is 0. The lowest BCUT2D eigenvalue weighted by Gasteiger charge is -2.11. The molecule has 132 valence electrons. The van der Waals surface area contributed by atoms with E-state index in [0.29, 0.717) is 34.3 Å². The van der Waals surface area contributed by atoms with Crippen LogP contribution in [-0.4, -0.2) is 11.7 Å². The van der Waals surface area contributed by atoms with Crippen LogP contribution >= 0.6 is 11.8 Å². The van der Waals surface area contributed by atoms with E-state index in [1.807, 2.05) is 48.5 Å². The number of carbonyl (C=O) groups is 1. The molecule has 0 aliphatic heterocycles. The largest absolute Gasteiger partial charge is 0.322 e. The van der Waals surface area contributed by atoms with Gasteiger partial charge in [0.2, 0.25) is 0 Å². The summed E-state index contributed by atoms with van der Waals surface area (Å²) in [4.78, 5) is 13.1. The van der Waals surface area contributed by atoms with Crippen molar-refractivity contribution in [3.63, 3.8) is 0 Å². The first kappa shape index (κ1) is 18.1. The van der Waals surface area contributed by atoms with E-state index in [1.54, 1.807) is 30.3 Å². The van der Waals surface area contributed by atoms with E-state index in [9.17, 15) is 13.6 Å². The smallest absolute Gasteiger partial charge is 0.288 e. The number of rotatable bonds is 6. The van der Waals surface area contributed by atoms with Gasteiger partial charge in [-0.1, -0.05) is 60.3 Å². The third kappa shape index (κ3) is 4.92. The Hall–Kier alpha value is -2.66. The van der Waals surface area contributed by atoms with Gasteiger partial charge >= 0.3 is 0 Å². The Labute approximate surface area is 155 Å². The molecule has 0 radical (unpaired) electrons. The molecule has 0 aromatic heterocycles. The van der Waals surface area contributed by atoms with Gasteiger partial charge in [-0.2, -0.15) is 8.78 Å². The average molecular weight is 369 g/mol. The first-order valence-corrected chi connectivity index (χ1v) is 8.98. The molecule has 0 bridgehead atoms. The highest BCUT2D eigenvalue weighted by Gasteiger charge is 2.12. The predicted molar refractivity (Wildman–Crippen MR) is 102 cm³/mol. The van der Waals surface area contributed by atoms with Gasteiger partial charge in [-0.25, -0.2) is 0 Å². The number of halogens is 2. The number of nitrogens with one attached hydrogen (secondary N) is 1. The lowest BCUT2D eigenvalue weighted by molar-refractivity contribution is 0.102. The van der Waals surface area contributed by atoms with Crippen LogP contribution in [0, 0.1) is 0 Å². The van der Waals surface area contributed by atoms with Crippen molar-refractivity contribution in [2.75, 3.05) is 5.32 Å². The Kier molecular flexibility index (Phi) is 6.02. The van der Waals surface area contributed by atoms with Gasteiger partial charge in [0.1, 0.15) is 0 Å². The third-order valence-corrected chi connectivity index (χ3v) is 4.56. The number of amides is 1. The molecule has 0 aliphatic rings. The monoisotopic (exact) mass is 369 g/mol. The first-order chi connectivity index (χ1) is 12.6. The van der Waals surface area contributed by atoms with Crippen LogP contribution in [0.3, 0.4) is 0 Å². The molecule has 26 heavy (non-hydrogen) atoms. The van der Waals surface area contributed by atoms with Crippen LogP contribution in [0.2, 0.25) is 0 Å². The quantitative estimate of drug-likeness (QED) is 0.553. The topological polar surface area (TPSA) is 29.1 Å². The fraction of sp³-hybridized carbons (Fsp3) is 0.0952. The first-order valence-electron chi connectivity index (χ1n) is 8.10. The number of benzene rings is 3. The van der Waals surface area contributed by atoms with E-state index < -0.39 is 5.76 Å². The van der Waals surface area contributed by atoms with Gasteiger partial charge in [-0.3, -0.25) is 4.79 Å². The summed E-state index contributed by atoms with van der Waals surface area (Å²) in [6.07, 6.45) is 0.661. The van der Waals surface area contributed by atoms with Crippen LogP contribution in [0.1, 0.15) is 21.5 Å². The summed E-state index contributed by atoms with van der Waals surface area (Å²) in [6.45, 7) is 0. The molecule has 0 spiro atoms. The zero-order chi connectivity index (χ0) is 18.4. The van der Waals surface area contributed by atoms with E-state index in [2.05, 4.69) is 5.32 Å². The number of hydrogen-bond donors (Lipinski definition) is 1. The Morgan fingerprint density at radius 2 is 1.54 bits per heavy atom. The van der Waals surface area contributed by atoms with Gasteiger partial charge in [0.05, 0.1) is 0 Å². The highest BCUT2D eigenvalue weighted by atomic mass is 32.2. The third-order valence-electron chi connectivity index (χ3n) is 3.84. The van der Waals surface area contributed by atoms with Crippen LogP contribution in [0.5, 0.6) is 0 Å². The molecule has 0 fully saturated rings. The molecule has 3 rings (SSSR count).